The molecule has 3 heteroatoms. The van der Waals surface area contributed by atoms with Crippen molar-refractivity contribution < 1.29 is 9.53 Å². The number of aliphatic hydroxyl groups excluding tert-OH is 1. The van der Waals surface area contributed by atoms with E-state index in [1.807, 2.05) is 6.08 Å². The van der Waals surface area contributed by atoms with Crippen molar-refractivity contribution in [2.75, 3.05) is 6.61 Å². The van der Waals surface area contributed by atoms with Gasteiger partial charge in [0.05, 0.1) is 6.61 Å². The van der Waals surface area contributed by atoms with Gasteiger partial charge in [-0.2, -0.15) is 0 Å². The minimum atomic E-state index is -1.92. The summed E-state index contributed by atoms with van der Waals surface area (Å²) in [7, 11) is -1.92. The van der Waals surface area contributed by atoms with Crippen molar-refractivity contribution in [1.82, 2.24) is 0 Å². The van der Waals surface area contributed by atoms with Crippen LogP contribution in [0.2, 0.25) is 13.1 Å². The molecule has 112 valence electrons. The van der Waals surface area contributed by atoms with Gasteiger partial charge in [0.2, 0.25) is 8.32 Å². The van der Waals surface area contributed by atoms with E-state index in [-0.39, 0.29) is 12.2 Å². The number of benzene rings is 1. The van der Waals surface area contributed by atoms with E-state index in [0.29, 0.717) is 0 Å². The molecule has 0 aromatic heterocycles. The molecule has 0 aliphatic heterocycles. The molecule has 0 heterocycles. The summed E-state index contributed by atoms with van der Waals surface area (Å²) in [6.45, 7) is 13.0. The van der Waals surface area contributed by atoms with Gasteiger partial charge in [-0.1, -0.05) is 37.3 Å². The molecule has 1 aromatic carbocycles. The van der Waals surface area contributed by atoms with Gasteiger partial charge < -0.3 is 9.53 Å². The van der Waals surface area contributed by atoms with Crippen molar-refractivity contribution in [3.8, 4) is 0 Å². The molecule has 0 radical (unpaired) electrons. The molecule has 1 rings (SSSR count). The van der Waals surface area contributed by atoms with Gasteiger partial charge in [-0.15, -0.1) is 0 Å². The summed E-state index contributed by atoms with van der Waals surface area (Å²) in [4.78, 5) is 0. The first kappa shape index (κ1) is 17.1. The summed E-state index contributed by atoms with van der Waals surface area (Å²) in [6.07, 6.45) is 2.81. The summed E-state index contributed by atoms with van der Waals surface area (Å²) in [6, 6.07) is 8.58. The average Bonchev–Trinajstić information content (AvgIpc) is 2.33. The molecular formula is C17H28O2Si. The van der Waals surface area contributed by atoms with Crippen molar-refractivity contribution in [3.05, 3.63) is 35.9 Å². The minimum absolute atomic E-state index is 0.0900. The van der Waals surface area contributed by atoms with Crippen LogP contribution in [-0.4, -0.2) is 25.6 Å². The van der Waals surface area contributed by atoms with Gasteiger partial charge in [-0.3, -0.25) is 0 Å². The van der Waals surface area contributed by atoms with Crippen molar-refractivity contribution in [2.24, 2.45) is 0 Å². The first-order chi connectivity index (χ1) is 9.19. The molecule has 1 N–H and O–H groups in total. The third-order valence-corrected chi connectivity index (χ3v) is 6.03. The predicted molar refractivity (Wildman–Crippen MR) is 89.7 cm³/mol. The van der Waals surface area contributed by atoms with Crippen LogP contribution in [0.4, 0.5) is 0 Å². The lowest BCUT2D eigenvalue weighted by atomic mass is 10.0. The molecule has 0 aliphatic rings. The summed E-state index contributed by atoms with van der Waals surface area (Å²) < 4.78 is 6.31. The average molecular weight is 292 g/mol. The highest BCUT2D eigenvalue weighted by atomic mass is 28.4. The Morgan fingerprint density at radius 3 is 2.45 bits per heavy atom. The molecule has 0 saturated heterocycles. The van der Waals surface area contributed by atoms with Gasteiger partial charge in [0.1, 0.15) is 0 Å². The number of aliphatic hydroxyl groups is 1. The molecule has 0 fully saturated rings. The third kappa shape index (κ3) is 4.89. The summed E-state index contributed by atoms with van der Waals surface area (Å²) >= 11 is 0. The molecule has 0 bridgehead atoms. The van der Waals surface area contributed by atoms with Gasteiger partial charge in [0.15, 0.2) is 0 Å². The monoisotopic (exact) mass is 292 g/mol. The van der Waals surface area contributed by atoms with Crippen LogP contribution in [0.1, 0.15) is 39.7 Å². The first-order valence-electron chi connectivity index (χ1n) is 7.30. The molecule has 2 nitrogen and oxygen atoms in total. The van der Waals surface area contributed by atoms with Gasteiger partial charge in [-0.05, 0) is 56.6 Å². The highest BCUT2D eigenvalue weighted by Crippen LogP contribution is 2.20. The van der Waals surface area contributed by atoms with Crippen molar-refractivity contribution >= 4 is 19.1 Å². The molecule has 0 amide bonds. The van der Waals surface area contributed by atoms with E-state index < -0.39 is 8.32 Å². The van der Waals surface area contributed by atoms with E-state index in [2.05, 4.69) is 65.1 Å². The Morgan fingerprint density at radius 1 is 1.30 bits per heavy atom. The lowest BCUT2D eigenvalue weighted by Gasteiger charge is -2.33. The summed E-state index contributed by atoms with van der Waals surface area (Å²) in [5.41, 5.74) is 2.26. The molecular weight excluding hydrogens is 264 g/mol. The summed E-state index contributed by atoms with van der Waals surface area (Å²) in [5.74, 6) is 0. The topological polar surface area (TPSA) is 29.5 Å². The first-order valence-corrected chi connectivity index (χ1v) is 10.2. The Balaban J connectivity index is 3.12. The van der Waals surface area contributed by atoms with E-state index in [4.69, 9.17) is 9.53 Å². The normalized spacial score (nSPS) is 13.7. The Labute approximate surface area is 124 Å². The van der Waals surface area contributed by atoms with Gasteiger partial charge >= 0.3 is 0 Å². The minimum Gasteiger partial charge on any atom is -0.408 e. The maximum Gasteiger partial charge on any atom is 0.218 e. The van der Waals surface area contributed by atoms with Crippen molar-refractivity contribution in [3.63, 3.8) is 0 Å². The van der Waals surface area contributed by atoms with Crippen LogP contribution < -0.4 is 5.19 Å². The zero-order chi connectivity index (χ0) is 15.4. The standard InChI is InChI=1S/C17H28O2Si/c1-7-14(11-12-18)15-9-8-10-16(13-15)20(5,6)19-17(2,3)4/h8-11,13,18H,7,12H2,1-6H3/b14-11+. The Kier molecular flexibility index (Phi) is 5.75. The second-order valence-electron chi connectivity index (χ2n) is 6.57. The number of hydrogen-bond donors (Lipinski definition) is 1. The van der Waals surface area contributed by atoms with Crippen LogP contribution in [0, 0.1) is 0 Å². The second kappa shape index (κ2) is 6.70. The van der Waals surface area contributed by atoms with Crippen LogP contribution in [0.25, 0.3) is 5.57 Å². The maximum atomic E-state index is 9.12. The molecule has 0 unspecified atom stereocenters. The van der Waals surface area contributed by atoms with E-state index in [9.17, 15) is 0 Å². The Hall–Kier alpha value is -0.903. The number of allylic oxidation sites excluding steroid dienone is 1. The summed E-state index contributed by atoms with van der Waals surface area (Å²) in [5, 5.41) is 10.4. The fraction of sp³-hybridized carbons (Fsp3) is 0.529. The molecule has 0 atom stereocenters. The van der Waals surface area contributed by atoms with Crippen LogP contribution in [0.3, 0.4) is 0 Å². The zero-order valence-electron chi connectivity index (χ0n) is 13.7. The van der Waals surface area contributed by atoms with E-state index in [0.717, 1.165) is 6.42 Å². The highest BCUT2D eigenvalue weighted by molar-refractivity contribution is 6.84. The lowest BCUT2D eigenvalue weighted by Crippen LogP contribution is -2.49. The van der Waals surface area contributed by atoms with Crippen LogP contribution in [0.15, 0.2) is 30.3 Å². The molecule has 0 saturated carbocycles. The van der Waals surface area contributed by atoms with Crippen molar-refractivity contribution in [1.29, 1.82) is 0 Å². The smallest absolute Gasteiger partial charge is 0.218 e. The highest BCUT2D eigenvalue weighted by Gasteiger charge is 2.30. The Morgan fingerprint density at radius 2 is 1.95 bits per heavy atom. The third-order valence-electron chi connectivity index (χ3n) is 3.21. The van der Waals surface area contributed by atoms with E-state index in [1.54, 1.807) is 0 Å². The van der Waals surface area contributed by atoms with Gasteiger partial charge in [-0.25, -0.2) is 0 Å². The quantitative estimate of drug-likeness (QED) is 0.839. The largest absolute Gasteiger partial charge is 0.408 e. The SMILES string of the molecule is CC/C(=C\CO)c1cccc([Si](C)(C)OC(C)(C)C)c1. The van der Waals surface area contributed by atoms with Gasteiger partial charge in [0, 0.05) is 5.60 Å². The fourth-order valence-electron chi connectivity index (χ4n) is 2.49. The van der Waals surface area contributed by atoms with E-state index in [1.165, 1.54) is 16.3 Å². The predicted octanol–water partition coefficient (Wildman–Crippen LogP) is 3.70. The lowest BCUT2D eigenvalue weighted by molar-refractivity contribution is 0.125. The van der Waals surface area contributed by atoms with Crippen LogP contribution >= 0.6 is 0 Å². The van der Waals surface area contributed by atoms with Crippen LogP contribution in [-0.2, 0) is 4.43 Å². The second-order valence-corrected chi connectivity index (χ2v) is 10.4. The van der Waals surface area contributed by atoms with E-state index >= 15 is 0 Å². The van der Waals surface area contributed by atoms with Gasteiger partial charge in [0.25, 0.3) is 0 Å². The number of hydrogen-bond acceptors (Lipinski definition) is 2. The van der Waals surface area contributed by atoms with Crippen LogP contribution in [0.5, 0.6) is 0 Å². The Bertz CT molecular complexity index is 470. The zero-order valence-corrected chi connectivity index (χ0v) is 14.7. The number of rotatable bonds is 5. The molecule has 0 spiro atoms. The maximum absolute atomic E-state index is 9.12. The molecule has 20 heavy (non-hydrogen) atoms. The fourth-order valence-corrected chi connectivity index (χ4v) is 5.14. The van der Waals surface area contributed by atoms with Crippen molar-refractivity contribution in [2.45, 2.75) is 52.8 Å². The molecule has 0 aliphatic carbocycles. The molecule has 1 aromatic rings.